The summed E-state index contributed by atoms with van der Waals surface area (Å²) in [6.45, 7) is 3.70. The summed E-state index contributed by atoms with van der Waals surface area (Å²) >= 11 is 0. The van der Waals surface area contributed by atoms with Gasteiger partial charge in [0.2, 0.25) is 0 Å². The molecule has 0 atom stereocenters. The van der Waals surface area contributed by atoms with Crippen molar-refractivity contribution in [2.24, 2.45) is 0 Å². The second-order valence-electron chi connectivity index (χ2n) is 4.36. The van der Waals surface area contributed by atoms with Crippen molar-refractivity contribution in [3.63, 3.8) is 0 Å². The van der Waals surface area contributed by atoms with Gasteiger partial charge in [0.15, 0.2) is 5.76 Å². The van der Waals surface area contributed by atoms with Crippen molar-refractivity contribution in [1.82, 2.24) is 0 Å². The molecule has 0 amide bonds. The summed E-state index contributed by atoms with van der Waals surface area (Å²) in [5.41, 5.74) is 0.854. The molecule has 19 heavy (non-hydrogen) atoms. The number of rotatable bonds is 4. The molecule has 5 nitrogen and oxygen atoms in total. The van der Waals surface area contributed by atoms with E-state index >= 15 is 0 Å². The Morgan fingerprint density at radius 3 is 2.53 bits per heavy atom. The van der Waals surface area contributed by atoms with Crippen molar-refractivity contribution < 1.29 is 18.4 Å². The molecule has 100 valence electrons. The van der Waals surface area contributed by atoms with E-state index in [4.69, 9.17) is 13.6 Å². The van der Waals surface area contributed by atoms with Gasteiger partial charge >= 0.3 is 11.8 Å². The van der Waals surface area contributed by atoms with E-state index in [1.807, 2.05) is 30.3 Å². The Kier molecular flexibility index (Phi) is 3.85. The van der Waals surface area contributed by atoms with Gasteiger partial charge in [-0.2, -0.15) is 0 Å². The topological polar surface area (TPSA) is 69.7 Å². The largest absolute Gasteiger partial charge is 0.519 e. The van der Waals surface area contributed by atoms with Crippen LogP contribution < -0.4 is 5.82 Å². The smallest absolute Gasteiger partial charge is 0.455 e. The highest BCUT2D eigenvalue weighted by Crippen LogP contribution is 2.19. The lowest BCUT2D eigenvalue weighted by Gasteiger charge is -2.04. The molecule has 0 saturated heterocycles. The Balaban J connectivity index is 2.10. The van der Waals surface area contributed by atoms with Crippen LogP contribution >= 0.6 is 0 Å². The van der Waals surface area contributed by atoms with Crippen LogP contribution in [-0.4, -0.2) is 5.97 Å². The molecule has 0 aliphatic carbocycles. The third kappa shape index (κ3) is 3.13. The first-order chi connectivity index (χ1) is 9.08. The fraction of sp³-hybridized carbons (Fsp3) is 0.286. The third-order valence-corrected chi connectivity index (χ3v) is 2.53. The molecule has 0 bridgehead atoms. The number of carbonyl (C=O) groups is 1. The fourth-order valence-corrected chi connectivity index (χ4v) is 1.60. The highest BCUT2D eigenvalue weighted by molar-refractivity contribution is 5.87. The Labute approximate surface area is 109 Å². The Bertz CT molecular complexity index is 606. The molecule has 0 spiro atoms. The van der Waals surface area contributed by atoms with Crippen LogP contribution in [0.4, 0.5) is 0 Å². The van der Waals surface area contributed by atoms with E-state index in [1.54, 1.807) is 13.8 Å². The van der Waals surface area contributed by atoms with Crippen molar-refractivity contribution in [2.75, 3.05) is 0 Å². The zero-order valence-corrected chi connectivity index (χ0v) is 10.7. The molecular weight excluding hydrogens is 248 g/mol. The van der Waals surface area contributed by atoms with Crippen LogP contribution in [0.2, 0.25) is 0 Å². The van der Waals surface area contributed by atoms with Crippen molar-refractivity contribution >= 4 is 5.97 Å². The van der Waals surface area contributed by atoms with Crippen molar-refractivity contribution in [1.29, 1.82) is 0 Å². The third-order valence-electron chi connectivity index (χ3n) is 2.53. The minimum absolute atomic E-state index is 0.117. The van der Waals surface area contributed by atoms with Crippen LogP contribution in [0.1, 0.15) is 41.6 Å². The lowest BCUT2D eigenvalue weighted by molar-refractivity contribution is 0.0431. The molecule has 0 unspecified atom stereocenters. The molecule has 1 aromatic heterocycles. The number of carbonyl (C=O) groups excluding carboxylic acids is 1. The second kappa shape index (κ2) is 5.56. The van der Waals surface area contributed by atoms with Crippen LogP contribution in [0.25, 0.3) is 0 Å². The average molecular weight is 262 g/mol. The van der Waals surface area contributed by atoms with Gasteiger partial charge in [-0.3, -0.25) is 0 Å². The van der Waals surface area contributed by atoms with Gasteiger partial charge in [0.25, 0.3) is 5.76 Å². The van der Waals surface area contributed by atoms with Gasteiger partial charge in [-0.05, 0) is 5.56 Å². The van der Waals surface area contributed by atoms with Crippen molar-refractivity contribution in [3.8, 4) is 0 Å². The lowest BCUT2D eigenvalue weighted by atomic mass is 10.1. The predicted molar refractivity (Wildman–Crippen MR) is 66.9 cm³/mol. The SMILES string of the molecule is CC(C)c1oc(=O)oc1C(=O)OCc1ccccc1. The maximum Gasteiger partial charge on any atom is 0.519 e. The second-order valence-corrected chi connectivity index (χ2v) is 4.36. The van der Waals surface area contributed by atoms with Crippen LogP contribution in [0.3, 0.4) is 0 Å². The summed E-state index contributed by atoms with van der Waals surface area (Å²) in [6.07, 6.45) is 0. The van der Waals surface area contributed by atoms with Crippen LogP contribution in [-0.2, 0) is 11.3 Å². The minimum atomic E-state index is -0.893. The first-order valence-corrected chi connectivity index (χ1v) is 5.93. The van der Waals surface area contributed by atoms with E-state index in [0.717, 1.165) is 5.56 Å². The zero-order valence-electron chi connectivity index (χ0n) is 10.7. The Hall–Kier alpha value is -2.30. The van der Waals surface area contributed by atoms with E-state index in [0.29, 0.717) is 0 Å². The monoisotopic (exact) mass is 262 g/mol. The molecule has 0 fully saturated rings. The quantitative estimate of drug-likeness (QED) is 0.792. The Morgan fingerprint density at radius 1 is 1.21 bits per heavy atom. The lowest BCUT2D eigenvalue weighted by Crippen LogP contribution is -2.07. The first kappa shape index (κ1) is 13.1. The number of esters is 1. The van der Waals surface area contributed by atoms with E-state index < -0.39 is 11.8 Å². The van der Waals surface area contributed by atoms with Crippen LogP contribution in [0, 0.1) is 0 Å². The maximum atomic E-state index is 11.8. The van der Waals surface area contributed by atoms with Gasteiger partial charge in [0, 0.05) is 5.92 Å². The highest BCUT2D eigenvalue weighted by atomic mass is 16.6. The van der Waals surface area contributed by atoms with E-state index in [1.165, 1.54) is 0 Å². The molecule has 0 saturated carbocycles. The summed E-state index contributed by atoms with van der Waals surface area (Å²) in [4.78, 5) is 22.9. The summed E-state index contributed by atoms with van der Waals surface area (Å²) in [5, 5.41) is 0. The number of hydrogen-bond acceptors (Lipinski definition) is 5. The zero-order chi connectivity index (χ0) is 13.8. The van der Waals surface area contributed by atoms with Crippen molar-refractivity contribution in [2.45, 2.75) is 26.4 Å². The molecule has 0 N–H and O–H groups in total. The van der Waals surface area contributed by atoms with Crippen LogP contribution in [0.5, 0.6) is 0 Å². The van der Waals surface area contributed by atoms with Gasteiger partial charge in [-0.15, -0.1) is 0 Å². The molecular formula is C14H14O5. The molecule has 0 aliphatic heterocycles. The van der Waals surface area contributed by atoms with Gasteiger partial charge < -0.3 is 13.6 Å². The molecule has 5 heteroatoms. The van der Waals surface area contributed by atoms with Gasteiger partial charge in [0.05, 0.1) is 0 Å². The number of ether oxygens (including phenoxy) is 1. The summed E-state index contributed by atoms with van der Waals surface area (Å²) in [5.74, 6) is -1.67. The van der Waals surface area contributed by atoms with E-state index in [-0.39, 0.29) is 24.0 Å². The Morgan fingerprint density at radius 2 is 1.89 bits per heavy atom. The maximum absolute atomic E-state index is 11.8. The molecule has 2 rings (SSSR count). The van der Waals surface area contributed by atoms with Gasteiger partial charge in [-0.1, -0.05) is 44.2 Å². The van der Waals surface area contributed by atoms with Crippen LogP contribution in [0.15, 0.2) is 44.0 Å². The fourth-order valence-electron chi connectivity index (χ4n) is 1.60. The molecule has 1 aromatic carbocycles. The highest BCUT2D eigenvalue weighted by Gasteiger charge is 2.24. The molecule has 0 aliphatic rings. The minimum Gasteiger partial charge on any atom is -0.455 e. The van der Waals surface area contributed by atoms with E-state index in [9.17, 15) is 9.59 Å². The summed E-state index contributed by atoms with van der Waals surface area (Å²) in [7, 11) is 0. The van der Waals surface area contributed by atoms with Gasteiger partial charge in [0.1, 0.15) is 6.61 Å². The number of benzene rings is 1. The number of hydrogen-bond donors (Lipinski definition) is 0. The molecule has 1 heterocycles. The van der Waals surface area contributed by atoms with Gasteiger partial charge in [-0.25, -0.2) is 9.59 Å². The van der Waals surface area contributed by atoms with E-state index in [2.05, 4.69) is 0 Å². The normalized spacial score (nSPS) is 10.7. The molecule has 2 aromatic rings. The summed E-state index contributed by atoms with van der Waals surface area (Å²) in [6, 6.07) is 9.24. The van der Waals surface area contributed by atoms with Crippen molar-refractivity contribution in [3.05, 3.63) is 58.0 Å². The predicted octanol–water partition coefficient (Wildman–Crippen LogP) is 2.71. The first-order valence-electron chi connectivity index (χ1n) is 5.93. The standard InChI is InChI=1S/C14H14O5/c1-9(2)11-12(19-14(16)18-11)13(15)17-8-10-6-4-3-5-7-10/h3-7,9H,8H2,1-2H3. The average Bonchev–Trinajstić information content (AvgIpc) is 2.79. The molecule has 0 radical (unpaired) electrons. The summed E-state index contributed by atoms with van der Waals surface area (Å²) < 4.78 is 14.6.